The number of methoxy groups -OCH3 is 1. The summed E-state index contributed by atoms with van der Waals surface area (Å²) in [6.07, 6.45) is -5.41. The molecule has 0 unspecified atom stereocenters. The molecule has 1 spiro atoms. The third kappa shape index (κ3) is 20.7. The van der Waals surface area contributed by atoms with E-state index in [0.717, 1.165) is 63.1 Å². The van der Waals surface area contributed by atoms with Crippen molar-refractivity contribution >= 4 is 70.9 Å². The number of fused-ring (bicyclic) bond motifs is 3. The van der Waals surface area contributed by atoms with Crippen LogP contribution in [-0.4, -0.2) is 271 Å². The molecule has 10 atom stereocenters. The SMILES string of the molecule is CCO[C@@H]1C[C@H]2C(=O)NC3(CCC3)C(=O)N(C)[C@@H](C3CCCC3)C(=O)N(C)[C@H](C(=O)N(C)C)CC(=O)N(C)[C@@H](CC(C)C)C(=O)N[C@@H]([C@@H](C)CC)C(=O)N(C)CC(=O)N(C)[C@H]3C/C=C\CCN(C3=O)[C@@H](Cc3ccc(C(F)(F)F)cc3)C(=O)N(C)CC(=O)N[C@@H](CCc3ccc(C(F)(F)F)c(OC)c3)C(=O)N2C1. The van der Waals surface area contributed by atoms with E-state index in [1.165, 1.54) is 86.9 Å². The van der Waals surface area contributed by atoms with Crippen LogP contribution in [0, 0.1) is 17.8 Å². The van der Waals surface area contributed by atoms with Gasteiger partial charge in [-0.05, 0) is 124 Å². The van der Waals surface area contributed by atoms with Gasteiger partial charge in [0, 0.05) is 88.9 Å². The van der Waals surface area contributed by atoms with Gasteiger partial charge in [-0.25, -0.2) is 0 Å². The van der Waals surface area contributed by atoms with Crippen molar-refractivity contribution in [3.05, 3.63) is 76.9 Å². The van der Waals surface area contributed by atoms with Crippen LogP contribution in [0.25, 0.3) is 0 Å². The molecule has 26 nitrogen and oxygen atoms in total. The van der Waals surface area contributed by atoms with E-state index in [4.69, 9.17) is 9.47 Å². The highest BCUT2D eigenvalue weighted by Gasteiger charge is 2.54. The minimum Gasteiger partial charge on any atom is -0.496 e. The van der Waals surface area contributed by atoms with Crippen LogP contribution in [-0.2, 0) is 87.5 Å². The first-order valence-electron chi connectivity index (χ1n) is 37.2. The fourth-order valence-corrected chi connectivity index (χ4v) is 15.1. The molecule has 108 heavy (non-hydrogen) atoms. The van der Waals surface area contributed by atoms with Gasteiger partial charge in [-0.15, -0.1) is 0 Å². The normalized spacial score (nSPS) is 26.0. The van der Waals surface area contributed by atoms with Crippen molar-refractivity contribution in [2.24, 2.45) is 17.8 Å². The molecule has 4 fully saturated rings. The second kappa shape index (κ2) is 37.0. The molecule has 2 aromatic carbocycles. The molecule has 7 rings (SSSR count). The topological polar surface area (TPSA) is 289 Å². The lowest BCUT2D eigenvalue weighted by molar-refractivity contribution is -0.158. The molecule has 2 aliphatic carbocycles. The van der Waals surface area contributed by atoms with Gasteiger partial charge in [0.05, 0.1) is 43.9 Å². The van der Waals surface area contributed by atoms with E-state index in [0.29, 0.717) is 38.5 Å². The number of nitrogens with one attached hydrogen (secondary N) is 3. The molecule has 12 amide bonds. The number of hydrogen-bond acceptors (Lipinski definition) is 14. The number of halogens is 6. The Morgan fingerprint density at radius 3 is 1.89 bits per heavy atom. The molecule has 5 aliphatic rings. The fraction of sp³-hybridized carbons (Fsp3) is 0.658. The number of nitrogens with zero attached hydrogens (tertiary/aromatic N) is 9. The van der Waals surface area contributed by atoms with Gasteiger partial charge < -0.3 is 69.5 Å². The van der Waals surface area contributed by atoms with Crippen LogP contribution in [0.15, 0.2) is 54.6 Å². The molecule has 3 N–H and O–H groups in total. The van der Waals surface area contributed by atoms with E-state index in [-0.39, 0.29) is 88.1 Å². The Hall–Kier alpha value is -8.84. The maximum atomic E-state index is 15.6. The summed E-state index contributed by atoms with van der Waals surface area (Å²) >= 11 is 0. The number of rotatable bonds is 14. The van der Waals surface area contributed by atoms with Crippen molar-refractivity contribution < 1.29 is 93.4 Å². The summed E-state index contributed by atoms with van der Waals surface area (Å²) < 4.78 is 95.6. The van der Waals surface area contributed by atoms with Gasteiger partial charge in [-0.1, -0.05) is 77.3 Å². The average Bonchev–Trinajstić information content (AvgIpc) is 1.27. The maximum absolute atomic E-state index is 15.6. The lowest BCUT2D eigenvalue weighted by atomic mass is 9.74. The van der Waals surface area contributed by atoms with Crippen molar-refractivity contribution in [1.82, 2.24) is 60.0 Å². The number of ether oxygens (including phenoxy) is 2. The Morgan fingerprint density at radius 1 is 0.676 bits per heavy atom. The summed E-state index contributed by atoms with van der Waals surface area (Å²) in [5.41, 5.74) is -3.39. The molecule has 0 radical (unpaired) electrons. The predicted octanol–water partition coefficient (Wildman–Crippen LogP) is 5.47. The standard InChI is InChI=1S/C76H108F6N12O14/c1-15-46(5)63-71(104)88(9)44-62(97)89(10)54-25-18-17-21-36-93(70(54)103)58(38-47-26-30-50(31-27-47)75(77,78)79)69(102)87(8)43-60(95)83-53(33-29-48-28-32-52(76(80,81)82)59(39-48)107-14)67(100)94-42-51(108-16-2)40-56(94)66(99)85-74(34-22-35-74)73(106)92(13)64(49-23-19-20-24-49)72(105)91(12)57(68(101)86(6)7)41-61(96)90(11)55(37-45(3)4)65(98)84-63/h17-18,26-28,30-32,39,45-46,49,51,53-58,63-64H,15-16,19-25,29,33-38,40-44H2,1-14H3,(H,83,95)(H,84,98)(H,85,99)/b18-17-/t46-,51+,53-,54-,55-,56-,57-,58-,63-,64-/m0/s1. The van der Waals surface area contributed by atoms with Crippen LogP contribution < -0.4 is 20.7 Å². The summed E-state index contributed by atoms with van der Waals surface area (Å²) in [6, 6.07) is -4.37. The van der Waals surface area contributed by atoms with Crippen molar-refractivity contribution in [1.29, 1.82) is 0 Å². The van der Waals surface area contributed by atoms with Gasteiger partial charge >= 0.3 is 12.4 Å². The zero-order valence-electron chi connectivity index (χ0n) is 64.5. The first-order valence-corrected chi connectivity index (χ1v) is 37.2. The van der Waals surface area contributed by atoms with Crippen molar-refractivity contribution in [2.75, 3.05) is 96.3 Å². The number of alkyl halides is 6. The van der Waals surface area contributed by atoms with Crippen molar-refractivity contribution in [3.8, 4) is 5.75 Å². The van der Waals surface area contributed by atoms with Gasteiger partial charge in [-0.2, -0.15) is 26.3 Å². The van der Waals surface area contributed by atoms with Crippen molar-refractivity contribution in [2.45, 2.75) is 210 Å². The lowest BCUT2D eigenvalue weighted by Gasteiger charge is -2.46. The van der Waals surface area contributed by atoms with Crippen LogP contribution in [0.5, 0.6) is 5.75 Å². The van der Waals surface area contributed by atoms with E-state index >= 15 is 28.8 Å². The Morgan fingerprint density at radius 2 is 1.31 bits per heavy atom. The molecule has 0 aromatic heterocycles. The maximum Gasteiger partial charge on any atom is 0.419 e. The minimum absolute atomic E-state index is 0.0572. The quantitative estimate of drug-likeness (QED) is 0.156. The van der Waals surface area contributed by atoms with Gasteiger partial charge in [0.2, 0.25) is 70.9 Å². The zero-order valence-corrected chi connectivity index (χ0v) is 64.5. The van der Waals surface area contributed by atoms with Crippen LogP contribution in [0.2, 0.25) is 0 Å². The smallest absolute Gasteiger partial charge is 0.419 e. The van der Waals surface area contributed by atoms with E-state index in [2.05, 4.69) is 16.0 Å². The zero-order chi connectivity index (χ0) is 80.2. The second-order valence-electron chi connectivity index (χ2n) is 30.1. The molecular weight excluding hydrogens is 1420 g/mol. The number of hydrogen-bond donors (Lipinski definition) is 3. The Kier molecular flexibility index (Phi) is 29.6. The molecule has 3 heterocycles. The van der Waals surface area contributed by atoms with E-state index in [1.807, 2.05) is 13.8 Å². The van der Waals surface area contributed by atoms with Gasteiger partial charge in [0.1, 0.15) is 59.6 Å². The largest absolute Gasteiger partial charge is 0.496 e. The lowest BCUT2D eigenvalue weighted by Crippen LogP contribution is -2.68. The summed E-state index contributed by atoms with van der Waals surface area (Å²) in [5.74, 6) is -11.2. The molecule has 2 saturated heterocycles. The first kappa shape index (κ1) is 86.4. The van der Waals surface area contributed by atoms with Crippen LogP contribution in [0.4, 0.5) is 26.3 Å². The Balaban J connectivity index is 1.35. The second-order valence-corrected chi connectivity index (χ2v) is 30.1. The Bertz CT molecular complexity index is 3620. The van der Waals surface area contributed by atoms with Gasteiger partial charge in [0.25, 0.3) is 0 Å². The number of carbonyl (C=O) groups is 12. The molecular formula is C76H108F6N12O14. The third-order valence-corrected chi connectivity index (χ3v) is 21.9. The number of aryl methyl sites for hydroxylation is 1. The van der Waals surface area contributed by atoms with E-state index < -0.39 is 198 Å². The number of amides is 12. The number of benzene rings is 2. The van der Waals surface area contributed by atoms with Gasteiger partial charge in [-0.3, -0.25) is 57.5 Å². The molecule has 598 valence electrons. The van der Waals surface area contributed by atoms with E-state index in [1.54, 1.807) is 32.9 Å². The first-order chi connectivity index (χ1) is 50.7. The number of carbonyl (C=O) groups excluding carboxylic acids is 12. The minimum atomic E-state index is -4.82. The summed E-state index contributed by atoms with van der Waals surface area (Å²) in [6.45, 7) is 6.97. The third-order valence-electron chi connectivity index (χ3n) is 21.9. The molecule has 2 bridgehead atoms. The highest BCUT2D eigenvalue weighted by Crippen LogP contribution is 2.40. The highest BCUT2D eigenvalue weighted by molar-refractivity contribution is 6.01. The summed E-state index contributed by atoms with van der Waals surface area (Å²) in [5, 5.41) is 8.51. The summed E-state index contributed by atoms with van der Waals surface area (Å²) in [7, 11) is 12.0. The number of likely N-dealkylation sites (N-methyl/N-ethyl adjacent to an activating group) is 7. The molecule has 2 aromatic rings. The monoisotopic (exact) mass is 1530 g/mol. The van der Waals surface area contributed by atoms with Crippen molar-refractivity contribution in [3.63, 3.8) is 0 Å². The van der Waals surface area contributed by atoms with E-state index in [9.17, 15) is 55.1 Å². The van der Waals surface area contributed by atoms with Crippen LogP contribution in [0.1, 0.15) is 147 Å². The highest BCUT2D eigenvalue weighted by atomic mass is 19.4. The van der Waals surface area contributed by atoms with Gasteiger partial charge in [0.15, 0.2) is 0 Å². The molecule has 32 heteroatoms. The average molecular weight is 1530 g/mol. The fourth-order valence-electron chi connectivity index (χ4n) is 15.1. The molecule has 2 saturated carbocycles. The summed E-state index contributed by atoms with van der Waals surface area (Å²) in [4.78, 5) is 191. The predicted molar refractivity (Wildman–Crippen MR) is 385 cm³/mol. The van der Waals surface area contributed by atoms with Crippen LogP contribution in [0.3, 0.4) is 0 Å². The molecule has 3 aliphatic heterocycles. The van der Waals surface area contributed by atoms with Crippen LogP contribution >= 0.6 is 0 Å². The Labute approximate surface area is 628 Å².